The zero-order valence-corrected chi connectivity index (χ0v) is 13.1. The quantitative estimate of drug-likeness (QED) is 0.846. The van der Waals surface area contributed by atoms with Gasteiger partial charge in [0, 0.05) is 16.1 Å². The maximum Gasteiger partial charge on any atom is 0.339 e. The summed E-state index contributed by atoms with van der Waals surface area (Å²) in [6.45, 7) is 0. The second kappa shape index (κ2) is 8.38. The minimum absolute atomic E-state index is 0.0270. The SMILES string of the molecule is Clc1ccc(Cl)cc1.O=C(O)c1ccc(N=S(=O)=O)cc1O. The van der Waals surface area contributed by atoms with E-state index in [1.54, 1.807) is 24.3 Å². The summed E-state index contributed by atoms with van der Waals surface area (Å²) in [5.74, 6) is -1.82. The molecule has 2 rings (SSSR count). The molecular weight excluding hydrogens is 353 g/mol. The molecule has 0 bridgehead atoms. The first kappa shape index (κ1) is 18.0. The number of hydrogen-bond donors (Lipinski definition) is 2. The largest absolute Gasteiger partial charge is 0.507 e. The zero-order chi connectivity index (χ0) is 16.7. The van der Waals surface area contributed by atoms with Crippen LogP contribution in [0.4, 0.5) is 5.69 Å². The van der Waals surface area contributed by atoms with Gasteiger partial charge in [0.2, 0.25) is 0 Å². The third kappa shape index (κ3) is 6.13. The Hall–Kier alpha value is -2.09. The van der Waals surface area contributed by atoms with Gasteiger partial charge in [-0.15, -0.1) is 4.36 Å². The zero-order valence-electron chi connectivity index (χ0n) is 10.8. The second-order valence-electron chi connectivity index (χ2n) is 3.75. The fourth-order valence-electron chi connectivity index (χ4n) is 1.27. The van der Waals surface area contributed by atoms with Crippen LogP contribution in [0.3, 0.4) is 0 Å². The van der Waals surface area contributed by atoms with Crippen molar-refractivity contribution < 1.29 is 23.4 Å². The Morgan fingerprint density at radius 2 is 1.50 bits per heavy atom. The minimum Gasteiger partial charge on any atom is -0.507 e. The molecule has 2 N–H and O–H groups in total. The summed E-state index contributed by atoms with van der Waals surface area (Å²) in [4.78, 5) is 10.4. The average Bonchev–Trinajstić information content (AvgIpc) is 2.42. The molecule has 0 aliphatic carbocycles. The van der Waals surface area contributed by atoms with Crippen molar-refractivity contribution in [2.75, 3.05) is 0 Å². The van der Waals surface area contributed by atoms with E-state index in [1.807, 2.05) is 0 Å². The molecular formula is C13H9Cl2NO5S. The average molecular weight is 362 g/mol. The Balaban J connectivity index is 0.000000255. The first-order valence-electron chi connectivity index (χ1n) is 5.58. The molecule has 0 radical (unpaired) electrons. The predicted octanol–water partition coefficient (Wildman–Crippen LogP) is 3.78. The van der Waals surface area contributed by atoms with Gasteiger partial charge in [-0.05, 0) is 36.4 Å². The molecule has 0 saturated heterocycles. The van der Waals surface area contributed by atoms with Crippen LogP contribution in [0.15, 0.2) is 46.8 Å². The van der Waals surface area contributed by atoms with Gasteiger partial charge in [0.05, 0.1) is 5.69 Å². The van der Waals surface area contributed by atoms with Crippen LogP contribution in [0.5, 0.6) is 5.75 Å². The highest BCUT2D eigenvalue weighted by atomic mass is 35.5. The van der Waals surface area contributed by atoms with E-state index in [4.69, 9.17) is 33.4 Å². The van der Waals surface area contributed by atoms with Crippen molar-refractivity contribution >= 4 is 45.4 Å². The molecule has 0 fully saturated rings. The van der Waals surface area contributed by atoms with Crippen LogP contribution in [0, 0.1) is 0 Å². The van der Waals surface area contributed by atoms with E-state index >= 15 is 0 Å². The number of hydrogen-bond acceptors (Lipinski definition) is 5. The Morgan fingerprint density at radius 1 is 1.00 bits per heavy atom. The summed E-state index contributed by atoms with van der Waals surface area (Å²) in [6, 6.07) is 10.2. The summed E-state index contributed by atoms with van der Waals surface area (Å²) < 4.78 is 23.4. The van der Waals surface area contributed by atoms with Gasteiger partial charge in [0.1, 0.15) is 11.3 Å². The van der Waals surface area contributed by atoms with Crippen molar-refractivity contribution in [2.24, 2.45) is 4.36 Å². The lowest BCUT2D eigenvalue weighted by Gasteiger charge is -1.98. The van der Waals surface area contributed by atoms with Crippen LogP contribution < -0.4 is 0 Å². The molecule has 22 heavy (non-hydrogen) atoms. The van der Waals surface area contributed by atoms with Gasteiger partial charge in [-0.3, -0.25) is 0 Å². The molecule has 0 aliphatic rings. The highest BCUT2D eigenvalue weighted by Crippen LogP contribution is 2.23. The summed E-state index contributed by atoms with van der Waals surface area (Å²) in [5, 5.41) is 19.1. The van der Waals surface area contributed by atoms with Gasteiger partial charge in [0.15, 0.2) is 0 Å². The number of carbonyl (C=O) groups is 1. The first-order valence-corrected chi connectivity index (χ1v) is 7.37. The van der Waals surface area contributed by atoms with Gasteiger partial charge in [-0.25, -0.2) is 4.79 Å². The van der Waals surface area contributed by atoms with E-state index in [-0.39, 0.29) is 11.3 Å². The van der Waals surface area contributed by atoms with Crippen LogP contribution in [-0.2, 0) is 10.5 Å². The van der Waals surface area contributed by atoms with Gasteiger partial charge in [0.25, 0.3) is 0 Å². The van der Waals surface area contributed by atoms with E-state index in [1.165, 1.54) is 6.07 Å². The van der Waals surface area contributed by atoms with Gasteiger partial charge < -0.3 is 10.2 Å². The van der Waals surface area contributed by atoms with E-state index in [0.717, 1.165) is 22.2 Å². The lowest BCUT2D eigenvalue weighted by Crippen LogP contribution is -1.95. The molecule has 0 heterocycles. The van der Waals surface area contributed by atoms with Crippen molar-refractivity contribution in [1.29, 1.82) is 0 Å². The summed E-state index contributed by atoms with van der Waals surface area (Å²) in [5.41, 5.74) is -0.332. The molecule has 0 aliphatic heterocycles. The van der Waals surface area contributed by atoms with E-state index < -0.39 is 22.2 Å². The van der Waals surface area contributed by atoms with Crippen LogP contribution in [0.2, 0.25) is 10.0 Å². The smallest absolute Gasteiger partial charge is 0.339 e. The second-order valence-corrected chi connectivity index (χ2v) is 5.24. The molecule has 2 aromatic rings. The molecule has 0 saturated carbocycles. The number of carboxylic acid groups (broad SMARTS) is 1. The summed E-state index contributed by atoms with van der Waals surface area (Å²) >= 11 is 11.1. The maximum absolute atomic E-state index is 10.4. The summed E-state index contributed by atoms with van der Waals surface area (Å²) in [7, 11) is -2.63. The standard InChI is InChI=1S/C7H5NO5S.C6H4Cl2/c9-6-3-4(8-14(12)13)1-2-5(6)7(10)11;7-5-1-2-6(8)4-3-5/h1-3,9H,(H,10,11);1-4H. The Kier molecular flexibility index (Phi) is 6.84. The van der Waals surface area contributed by atoms with Crippen molar-refractivity contribution in [3.63, 3.8) is 0 Å². The number of nitrogens with zero attached hydrogens (tertiary/aromatic N) is 1. The van der Waals surface area contributed by atoms with Gasteiger partial charge in [-0.2, -0.15) is 8.42 Å². The number of phenols is 1. The summed E-state index contributed by atoms with van der Waals surface area (Å²) in [6.07, 6.45) is 0. The number of aromatic carboxylic acids is 1. The normalized spacial score (nSPS) is 9.36. The molecule has 9 heteroatoms. The van der Waals surface area contributed by atoms with Crippen LogP contribution in [0.1, 0.15) is 10.4 Å². The van der Waals surface area contributed by atoms with Crippen LogP contribution in [0.25, 0.3) is 0 Å². The number of benzene rings is 2. The van der Waals surface area contributed by atoms with E-state index in [9.17, 15) is 13.2 Å². The highest BCUT2D eigenvalue weighted by Gasteiger charge is 2.09. The maximum atomic E-state index is 10.4. The monoisotopic (exact) mass is 361 g/mol. The lowest BCUT2D eigenvalue weighted by molar-refractivity contribution is 0.0694. The van der Waals surface area contributed by atoms with Crippen LogP contribution in [-0.4, -0.2) is 24.6 Å². The number of aromatic hydroxyl groups is 1. The molecule has 6 nitrogen and oxygen atoms in total. The molecule has 0 spiro atoms. The van der Waals surface area contributed by atoms with Crippen LogP contribution >= 0.6 is 23.2 Å². The van der Waals surface area contributed by atoms with Crippen molar-refractivity contribution in [1.82, 2.24) is 0 Å². The van der Waals surface area contributed by atoms with Gasteiger partial charge in [-0.1, -0.05) is 23.2 Å². The van der Waals surface area contributed by atoms with Crippen molar-refractivity contribution in [2.45, 2.75) is 0 Å². The Labute approximate surface area is 137 Å². The molecule has 0 aromatic heterocycles. The fraction of sp³-hybridized carbons (Fsp3) is 0. The molecule has 2 aromatic carbocycles. The third-order valence-electron chi connectivity index (χ3n) is 2.20. The van der Waals surface area contributed by atoms with Gasteiger partial charge >= 0.3 is 16.5 Å². The Morgan fingerprint density at radius 3 is 1.86 bits per heavy atom. The molecule has 0 atom stereocenters. The number of carboxylic acids is 1. The van der Waals surface area contributed by atoms with E-state index in [0.29, 0.717) is 0 Å². The van der Waals surface area contributed by atoms with Crippen molar-refractivity contribution in [3.05, 3.63) is 58.1 Å². The molecule has 0 amide bonds. The lowest BCUT2D eigenvalue weighted by atomic mass is 10.2. The predicted molar refractivity (Wildman–Crippen MR) is 82.5 cm³/mol. The minimum atomic E-state index is -2.63. The number of halogens is 2. The highest BCUT2D eigenvalue weighted by molar-refractivity contribution is 7.61. The van der Waals surface area contributed by atoms with E-state index in [2.05, 4.69) is 4.36 Å². The fourth-order valence-corrected chi connectivity index (χ4v) is 1.81. The number of rotatable bonds is 2. The first-order chi connectivity index (χ1) is 10.3. The molecule has 0 unspecified atom stereocenters. The molecule has 116 valence electrons. The van der Waals surface area contributed by atoms with Crippen molar-refractivity contribution in [3.8, 4) is 5.75 Å². The third-order valence-corrected chi connectivity index (χ3v) is 3.06. The Bertz CT molecular complexity index is 775. The topological polar surface area (TPSA) is 104 Å².